The minimum absolute atomic E-state index is 0.0315. The Morgan fingerprint density at radius 1 is 1.48 bits per heavy atom. The smallest absolute Gasteiger partial charge is 0.387 e. The summed E-state index contributed by atoms with van der Waals surface area (Å²) in [7, 11) is 1.68. The molecule has 5 nitrogen and oxygen atoms in total. The van der Waals surface area contributed by atoms with E-state index in [9.17, 15) is 13.6 Å². The molecule has 0 aromatic heterocycles. The highest BCUT2D eigenvalue weighted by atomic mass is 19.3. The van der Waals surface area contributed by atoms with Gasteiger partial charge in [0.25, 0.3) is 5.91 Å². The van der Waals surface area contributed by atoms with E-state index >= 15 is 0 Å². The topological polar surface area (TPSA) is 50.8 Å². The summed E-state index contributed by atoms with van der Waals surface area (Å²) in [5.74, 6) is -0.156. The first-order valence-electron chi connectivity index (χ1n) is 6.69. The Morgan fingerprint density at radius 2 is 2.19 bits per heavy atom. The van der Waals surface area contributed by atoms with Gasteiger partial charge < -0.3 is 19.7 Å². The normalized spacial score (nSPS) is 18.6. The number of likely N-dealkylation sites (N-methyl/N-ethyl adjacent to an activating group) is 1. The van der Waals surface area contributed by atoms with E-state index < -0.39 is 6.61 Å². The Kier molecular flexibility index (Phi) is 5.46. The van der Waals surface area contributed by atoms with Gasteiger partial charge in [-0.15, -0.1) is 0 Å². The van der Waals surface area contributed by atoms with Gasteiger partial charge in [0.1, 0.15) is 5.75 Å². The van der Waals surface area contributed by atoms with Crippen molar-refractivity contribution in [2.45, 2.75) is 12.7 Å². The predicted octanol–water partition coefficient (Wildman–Crippen LogP) is 1.35. The molecule has 0 bridgehead atoms. The highest BCUT2D eigenvalue weighted by Gasteiger charge is 2.19. The van der Waals surface area contributed by atoms with Crippen LogP contribution in [0.4, 0.5) is 8.78 Å². The number of amides is 1. The molecule has 1 aliphatic rings. The molecule has 1 aromatic carbocycles. The summed E-state index contributed by atoms with van der Waals surface area (Å²) in [6, 6.07) is 5.64. The van der Waals surface area contributed by atoms with Gasteiger partial charge in [0.05, 0.1) is 12.7 Å². The maximum absolute atomic E-state index is 12.2. The first kappa shape index (κ1) is 15.7. The van der Waals surface area contributed by atoms with Gasteiger partial charge in [-0.1, -0.05) is 0 Å². The second-order valence-electron chi connectivity index (χ2n) is 4.79. The molecule has 116 valence electrons. The van der Waals surface area contributed by atoms with Crippen LogP contribution in [0.2, 0.25) is 0 Å². The lowest BCUT2D eigenvalue weighted by Crippen LogP contribution is -2.45. The lowest BCUT2D eigenvalue weighted by molar-refractivity contribution is -0.0498. The third kappa shape index (κ3) is 4.64. The number of ether oxygens (including phenoxy) is 2. The molecule has 1 aromatic rings. The number of rotatable bonds is 5. The molecule has 7 heteroatoms. The molecule has 1 atom stereocenters. The Labute approximate surface area is 121 Å². The molecule has 21 heavy (non-hydrogen) atoms. The van der Waals surface area contributed by atoms with E-state index in [-0.39, 0.29) is 17.8 Å². The maximum Gasteiger partial charge on any atom is 0.387 e. The van der Waals surface area contributed by atoms with Crippen LogP contribution in [0.1, 0.15) is 10.4 Å². The van der Waals surface area contributed by atoms with Crippen LogP contribution in [0.15, 0.2) is 24.3 Å². The van der Waals surface area contributed by atoms with Crippen LogP contribution in [-0.2, 0) is 4.74 Å². The fraction of sp³-hybridized carbons (Fsp3) is 0.500. The molecular weight excluding hydrogens is 282 g/mol. The number of hydrogen-bond donors (Lipinski definition) is 1. The molecule has 0 saturated carbocycles. The molecule has 2 rings (SSSR count). The van der Waals surface area contributed by atoms with Gasteiger partial charge in [-0.05, 0) is 24.3 Å². The van der Waals surface area contributed by atoms with Crippen molar-refractivity contribution in [1.82, 2.24) is 10.2 Å². The zero-order chi connectivity index (χ0) is 15.2. The molecule has 1 fully saturated rings. The Hall–Kier alpha value is -1.73. The predicted molar refractivity (Wildman–Crippen MR) is 72.6 cm³/mol. The summed E-state index contributed by atoms with van der Waals surface area (Å²) in [4.78, 5) is 13.8. The molecule has 0 radical (unpaired) electrons. The molecule has 1 aliphatic heterocycles. The van der Waals surface area contributed by atoms with Crippen molar-refractivity contribution in [1.29, 1.82) is 0 Å². The molecule has 0 spiro atoms. The van der Waals surface area contributed by atoms with E-state index in [0.29, 0.717) is 25.3 Å². The number of carbonyl (C=O) groups is 1. The third-order valence-electron chi connectivity index (χ3n) is 3.16. The number of alkyl halides is 2. The minimum atomic E-state index is -2.87. The van der Waals surface area contributed by atoms with Crippen LogP contribution in [0.25, 0.3) is 0 Å². The van der Waals surface area contributed by atoms with E-state index in [1.807, 2.05) is 0 Å². The summed E-state index contributed by atoms with van der Waals surface area (Å²) in [6.45, 7) is -0.239. The van der Waals surface area contributed by atoms with Crippen molar-refractivity contribution in [2.24, 2.45) is 0 Å². The number of halogens is 2. The standard InChI is InChI=1S/C14H18F2N2O3/c1-18(9-12-8-17-6-7-20-12)13(19)10-2-4-11(5-3-10)21-14(15)16/h2-5,12,14,17H,6-9H2,1H3. The third-order valence-corrected chi connectivity index (χ3v) is 3.16. The maximum atomic E-state index is 12.2. The first-order chi connectivity index (χ1) is 10.1. The second-order valence-corrected chi connectivity index (χ2v) is 4.79. The van der Waals surface area contributed by atoms with Gasteiger partial charge in [0.2, 0.25) is 0 Å². The van der Waals surface area contributed by atoms with E-state index in [4.69, 9.17) is 4.74 Å². The van der Waals surface area contributed by atoms with Gasteiger partial charge in [-0.25, -0.2) is 0 Å². The van der Waals surface area contributed by atoms with Gasteiger partial charge in [0.15, 0.2) is 0 Å². The summed E-state index contributed by atoms with van der Waals surface area (Å²) in [5.41, 5.74) is 0.419. The van der Waals surface area contributed by atoms with Crippen molar-refractivity contribution in [3.05, 3.63) is 29.8 Å². The largest absolute Gasteiger partial charge is 0.435 e. The van der Waals surface area contributed by atoms with Crippen molar-refractivity contribution in [2.75, 3.05) is 33.3 Å². The summed E-state index contributed by atoms with van der Waals surface area (Å²) in [6.07, 6.45) is -0.0332. The SMILES string of the molecule is CN(CC1CNCCO1)C(=O)c1ccc(OC(F)F)cc1. The number of carbonyl (C=O) groups excluding carboxylic acids is 1. The number of nitrogens with one attached hydrogen (secondary N) is 1. The van der Waals surface area contributed by atoms with Crippen molar-refractivity contribution in [3.63, 3.8) is 0 Å². The first-order valence-corrected chi connectivity index (χ1v) is 6.69. The number of benzene rings is 1. The van der Waals surface area contributed by atoms with Crippen LogP contribution in [0.3, 0.4) is 0 Å². The van der Waals surface area contributed by atoms with Crippen molar-refractivity contribution < 1.29 is 23.0 Å². The summed E-state index contributed by atoms with van der Waals surface area (Å²) < 4.78 is 33.9. The van der Waals surface area contributed by atoms with Gasteiger partial charge in [-0.3, -0.25) is 4.79 Å². The fourth-order valence-corrected chi connectivity index (χ4v) is 2.12. The highest BCUT2D eigenvalue weighted by molar-refractivity contribution is 5.94. The molecule has 1 saturated heterocycles. The molecule has 1 heterocycles. The van der Waals surface area contributed by atoms with Crippen LogP contribution in [-0.4, -0.2) is 56.8 Å². The minimum Gasteiger partial charge on any atom is -0.435 e. The summed E-state index contributed by atoms with van der Waals surface area (Å²) >= 11 is 0. The van der Waals surface area contributed by atoms with Gasteiger partial charge in [0, 0.05) is 32.2 Å². The van der Waals surface area contributed by atoms with Crippen molar-refractivity contribution in [3.8, 4) is 5.75 Å². The average Bonchev–Trinajstić information content (AvgIpc) is 2.47. The Morgan fingerprint density at radius 3 is 2.76 bits per heavy atom. The highest BCUT2D eigenvalue weighted by Crippen LogP contribution is 2.16. The monoisotopic (exact) mass is 300 g/mol. The molecule has 0 aliphatic carbocycles. The Balaban J connectivity index is 1.91. The van der Waals surface area contributed by atoms with Crippen LogP contribution < -0.4 is 10.1 Å². The van der Waals surface area contributed by atoms with Gasteiger partial charge in [-0.2, -0.15) is 8.78 Å². The summed E-state index contributed by atoms with van der Waals surface area (Å²) in [5, 5.41) is 3.19. The number of nitrogens with zero attached hydrogens (tertiary/aromatic N) is 1. The van der Waals surface area contributed by atoms with E-state index in [0.717, 1.165) is 6.54 Å². The average molecular weight is 300 g/mol. The molecular formula is C14H18F2N2O3. The quantitative estimate of drug-likeness (QED) is 0.892. The zero-order valence-electron chi connectivity index (χ0n) is 11.7. The molecule has 1 N–H and O–H groups in total. The molecule has 1 unspecified atom stereocenters. The molecule has 1 amide bonds. The fourth-order valence-electron chi connectivity index (χ4n) is 2.12. The van der Waals surface area contributed by atoms with Crippen LogP contribution in [0.5, 0.6) is 5.75 Å². The number of morpholine rings is 1. The van der Waals surface area contributed by atoms with Gasteiger partial charge >= 0.3 is 6.61 Å². The van der Waals surface area contributed by atoms with Crippen molar-refractivity contribution >= 4 is 5.91 Å². The van der Waals surface area contributed by atoms with E-state index in [1.165, 1.54) is 24.3 Å². The zero-order valence-corrected chi connectivity index (χ0v) is 11.7. The van der Waals surface area contributed by atoms with Crippen LogP contribution in [0, 0.1) is 0 Å². The van der Waals surface area contributed by atoms with E-state index in [2.05, 4.69) is 10.1 Å². The second kappa shape index (κ2) is 7.33. The van der Waals surface area contributed by atoms with Crippen LogP contribution >= 0.6 is 0 Å². The lowest BCUT2D eigenvalue weighted by Gasteiger charge is -2.28. The Bertz CT molecular complexity index is 462. The van der Waals surface area contributed by atoms with E-state index in [1.54, 1.807) is 11.9 Å². The lowest BCUT2D eigenvalue weighted by atomic mass is 10.2. The number of hydrogen-bond acceptors (Lipinski definition) is 4.